The van der Waals surface area contributed by atoms with Crippen LogP contribution in [0.1, 0.15) is 11.1 Å². The third kappa shape index (κ3) is 6.82. The molecule has 168 valence electrons. The number of amides is 1. The summed E-state index contributed by atoms with van der Waals surface area (Å²) in [6.45, 7) is 4.12. The Morgan fingerprint density at radius 3 is 2.39 bits per heavy atom. The molecule has 1 heterocycles. The van der Waals surface area contributed by atoms with Crippen LogP contribution in [0.5, 0.6) is 0 Å². The van der Waals surface area contributed by atoms with E-state index in [1.165, 1.54) is 11.6 Å². The summed E-state index contributed by atoms with van der Waals surface area (Å²) in [5.74, 6) is -0.445. The molecule has 1 saturated heterocycles. The summed E-state index contributed by atoms with van der Waals surface area (Å²) < 4.78 is 30.8. The second-order valence-corrected chi connectivity index (χ2v) is 10.0. The average molecular weight is 486 g/mol. The molecule has 1 fully saturated rings. The average Bonchev–Trinajstić information content (AvgIpc) is 2.74. The minimum Gasteiger partial charge on any atom is -0.379 e. The lowest BCUT2D eigenvalue weighted by atomic mass is 10.1. The highest BCUT2D eigenvalue weighted by molar-refractivity contribution is 7.92. The van der Waals surface area contributed by atoms with E-state index < -0.39 is 22.5 Å². The SMILES string of the molecule is CS(=O)(=O)N(CC(=O)NCc1ccc(CN2CCOCC2)cc1)c1cccc(Cl)c1Cl. The van der Waals surface area contributed by atoms with E-state index in [4.69, 9.17) is 27.9 Å². The Kier molecular flexibility index (Phi) is 8.18. The number of hydrogen-bond donors (Lipinski definition) is 1. The van der Waals surface area contributed by atoms with Crippen LogP contribution in [-0.2, 0) is 32.6 Å². The standard InChI is InChI=1S/C21H25Cl2N3O4S/c1-31(28,29)26(19-4-2-3-18(22)21(19)23)15-20(27)24-13-16-5-7-17(8-6-16)14-25-9-11-30-12-10-25/h2-8H,9-15H2,1H3,(H,24,27). The molecule has 0 radical (unpaired) electrons. The van der Waals surface area contributed by atoms with Crippen molar-refractivity contribution >= 4 is 44.8 Å². The van der Waals surface area contributed by atoms with Gasteiger partial charge in [0.25, 0.3) is 0 Å². The summed E-state index contributed by atoms with van der Waals surface area (Å²) in [5, 5.41) is 3.05. The third-order valence-electron chi connectivity index (χ3n) is 4.91. The first kappa shape index (κ1) is 23.8. The third-order valence-corrected chi connectivity index (χ3v) is 6.85. The number of nitrogens with one attached hydrogen (secondary N) is 1. The van der Waals surface area contributed by atoms with Crippen LogP contribution < -0.4 is 9.62 Å². The lowest BCUT2D eigenvalue weighted by Crippen LogP contribution is -2.40. The van der Waals surface area contributed by atoms with Crippen molar-refractivity contribution in [2.24, 2.45) is 0 Å². The van der Waals surface area contributed by atoms with Gasteiger partial charge in [0.15, 0.2) is 0 Å². The first-order valence-corrected chi connectivity index (χ1v) is 12.4. The second-order valence-electron chi connectivity index (χ2n) is 7.32. The molecule has 7 nitrogen and oxygen atoms in total. The van der Waals surface area contributed by atoms with Crippen LogP contribution in [0.15, 0.2) is 42.5 Å². The zero-order valence-corrected chi connectivity index (χ0v) is 19.5. The zero-order chi connectivity index (χ0) is 22.4. The van der Waals surface area contributed by atoms with Crippen LogP contribution >= 0.6 is 23.2 Å². The fourth-order valence-electron chi connectivity index (χ4n) is 3.23. The van der Waals surface area contributed by atoms with Crippen LogP contribution in [-0.4, -0.2) is 58.3 Å². The van der Waals surface area contributed by atoms with Gasteiger partial charge in [0.1, 0.15) is 6.54 Å². The predicted molar refractivity (Wildman–Crippen MR) is 123 cm³/mol. The van der Waals surface area contributed by atoms with Gasteiger partial charge in [-0.05, 0) is 23.3 Å². The van der Waals surface area contributed by atoms with Gasteiger partial charge >= 0.3 is 0 Å². The highest BCUT2D eigenvalue weighted by atomic mass is 35.5. The normalized spacial score (nSPS) is 14.9. The van der Waals surface area contributed by atoms with Gasteiger partial charge in [0.05, 0.1) is 35.2 Å². The molecule has 0 saturated carbocycles. The maximum absolute atomic E-state index is 12.5. The van der Waals surface area contributed by atoms with Crippen molar-refractivity contribution in [1.82, 2.24) is 10.2 Å². The van der Waals surface area contributed by atoms with Crippen LogP contribution in [0, 0.1) is 0 Å². The summed E-state index contributed by atoms with van der Waals surface area (Å²) >= 11 is 12.2. The topological polar surface area (TPSA) is 79.0 Å². The van der Waals surface area contributed by atoms with Crippen molar-refractivity contribution in [1.29, 1.82) is 0 Å². The number of morpholine rings is 1. The van der Waals surface area contributed by atoms with E-state index in [9.17, 15) is 13.2 Å². The van der Waals surface area contributed by atoms with E-state index in [0.29, 0.717) is 0 Å². The molecule has 0 spiro atoms. The molecule has 0 unspecified atom stereocenters. The molecule has 2 aromatic carbocycles. The lowest BCUT2D eigenvalue weighted by molar-refractivity contribution is -0.119. The molecule has 1 aliphatic rings. The molecule has 3 rings (SSSR count). The first-order chi connectivity index (χ1) is 14.7. The number of rotatable bonds is 8. The number of benzene rings is 2. The number of carbonyl (C=O) groups excluding carboxylic acids is 1. The van der Waals surface area contributed by atoms with E-state index >= 15 is 0 Å². The largest absolute Gasteiger partial charge is 0.379 e. The lowest BCUT2D eigenvalue weighted by Gasteiger charge is -2.26. The smallest absolute Gasteiger partial charge is 0.241 e. The molecule has 2 aromatic rings. The fourth-order valence-corrected chi connectivity index (χ4v) is 4.54. The quantitative estimate of drug-likeness (QED) is 0.621. The van der Waals surface area contributed by atoms with Crippen molar-refractivity contribution < 1.29 is 17.9 Å². The molecular formula is C21H25Cl2N3O4S. The summed E-state index contributed by atoms with van der Waals surface area (Å²) in [6.07, 6.45) is 1.02. The van der Waals surface area contributed by atoms with Crippen molar-refractivity contribution in [3.05, 3.63) is 63.6 Å². The van der Waals surface area contributed by atoms with Gasteiger partial charge < -0.3 is 10.1 Å². The highest BCUT2D eigenvalue weighted by Gasteiger charge is 2.23. The number of ether oxygens (including phenoxy) is 1. The molecule has 31 heavy (non-hydrogen) atoms. The molecule has 1 N–H and O–H groups in total. The highest BCUT2D eigenvalue weighted by Crippen LogP contribution is 2.33. The van der Waals surface area contributed by atoms with E-state index in [1.807, 2.05) is 24.3 Å². The Morgan fingerprint density at radius 2 is 1.74 bits per heavy atom. The van der Waals surface area contributed by atoms with Crippen molar-refractivity contribution in [3.63, 3.8) is 0 Å². The van der Waals surface area contributed by atoms with Gasteiger partial charge in [-0.2, -0.15) is 0 Å². The van der Waals surface area contributed by atoms with Gasteiger partial charge in [-0.25, -0.2) is 8.42 Å². The minimum absolute atomic E-state index is 0.0817. The van der Waals surface area contributed by atoms with Crippen LogP contribution in [0.3, 0.4) is 0 Å². The Bertz CT molecular complexity index is 1010. The maximum atomic E-state index is 12.5. The number of sulfonamides is 1. The molecule has 1 amide bonds. The van der Waals surface area contributed by atoms with Crippen LogP contribution in [0.4, 0.5) is 5.69 Å². The number of nitrogens with zero attached hydrogens (tertiary/aromatic N) is 2. The Morgan fingerprint density at radius 1 is 1.10 bits per heavy atom. The van der Waals surface area contributed by atoms with Crippen molar-refractivity contribution in [2.45, 2.75) is 13.1 Å². The van der Waals surface area contributed by atoms with E-state index in [2.05, 4.69) is 10.2 Å². The predicted octanol–water partition coefficient (Wildman–Crippen LogP) is 2.91. The zero-order valence-electron chi connectivity index (χ0n) is 17.2. The van der Waals surface area contributed by atoms with Crippen LogP contribution in [0.25, 0.3) is 0 Å². The molecule has 0 bridgehead atoms. The van der Waals surface area contributed by atoms with Crippen molar-refractivity contribution in [2.75, 3.05) is 43.4 Å². The van der Waals surface area contributed by atoms with Gasteiger partial charge in [-0.15, -0.1) is 0 Å². The maximum Gasteiger partial charge on any atom is 0.241 e. The Labute approximate surface area is 192 Å². The minimum atomic E-state index is -3.74. The fraction of sp³-hybridized carbons (Fsp3) is 0.381. The molecule has 0 aliphatic carbocycles. The summed E-state index contributed by atoms with van der Waals surface area (Å²) in [6, 6.07) is 12.6. The number of hydrogen-bond acceptors (Lipinski definition) is 5. The molecule has 10 heteroatoms. The van der Waals surface area contributed by atoms with Crippen molar-refractivity contribution in [3.8, 4) is 0 Å². The number of anilines is 1. The van der Waals surface area contributed by atoms with Crippen LogP contribution in [0.2, 0.25) is 10.0 Å². The molecular weight excluding hydrogens is 461 g/mol. The molecule has 0 aromatic heterocycles. The van der Waals surface area contributed by atoms with Gasteiger partial charge in [0, 0.05) is 26.2 Å². The summed E-state index contributed by atoms with van der Waals surface area (Å²) in [4.78, 5) is 14.8. The monoisotopic (exact) mass is 485 g/mol. The first-order valence-electron chi connectivity index (χ1n) is 9.80. The Balaban J connectivity index is 1.58. The molecule has 1 aliphatic heterocycles. The van der Waals surface area contributed by atoms with Gasteiger partial charge in [-0.1, -0.05) is 53.5 Å². The summed E-state index contributed by atoms with van der Waals surface area (Å²) in [7, 11) is -3.74. The molecule has 0 atom stereocenters. The number of carbonyl (C=O) groups is 1. The van der Waals surface area contributed by atoms with E-state index in [1.54, 1.807) is 12.1 Å². The van der Waals surface area contributed by atoms with E-state index in [-0.39, 0.29) is 22.3 Å². The van der Waals surface area contributed by atoms with Gasteiger partial charge in [-0.3, -0.25) is 14.0 Å². The van der Waals surface area contributed by atoms with E-state index in [0.717, 1.165) is 49.0 Å². The number of halogens is 2. The summed E-state index contributed by atoms with van der Waals surface area (Å²) in [5.41, 5.74) is 2.28. The Hall–Kier alpha value is -1.84. The second kappa shape index (κ2) is 10.7. The van der Waals surface area contributed by atoms with Gasteiger partial charge in [0.2, 0.25) is 15.9 Å².